The highest BCUT2D eigenvalue weighted by atomic mass is 32.2. The monoisotopic (exact) mass is 504 g/mol. The predicted molar refractivity (Wildman–Crippen MR) is 127 cm³/mol. The summed E-state index contributed by atoms with van der Waals surface area (Å²) in [5.41, 5.74) is 0.263. The fourth-order valence-electron chi connectivity index (χ4n) is 2.85. The van der Waals surface area contributed by atoms with Crippen LogP contribution < -0.4 is 5.32 Å². The number of aryl methyl sites for hydroxylation is 1. The molecule has 11 nitrogen and oxygen atoms in total. The quantitative estimate of drug-likeness (QED) is 0.297. The van der Waals surface area contributed by atoms with Gasteiger partial charge in [-0.05, 0) is 25.1 Å². The Balaban J connectivity index is 1.87. The van der Waals surface area contributed by atoms with Crippen LogP contribution in [0.2, 0.25) is 0 Å². The second-order valence-electron chi connectivity index (χ2n) is 6.85. The summed E-state index contributed by atoms with van der Waals surface area (Å²) in [6.45, 7) is 3.39. The summed E-state index contributed by atoms with van der Waals surface area (Å²) in [6.07, 6.45) is 4.75. The van der Waals surface area contributed by atoms with E-state index in [1.807, 2.05) is 6.92 Å². The van der Waals surface area contributed by atoms with Crippen molar-refractivity contribution in [3.05, 3.63) is 65.2 Å². The van der Waals surface area contributed by atoms with Crippen molar-refractivity contribution in [2.75, 3.05) is 25.0 Å². The van der Waals surface area contributed by atoms with Gasteiger partial charge in [0.2, 0.25) is 10.0 Å². The lowest BCUT2D eigenvalue weighted by Gasteiger charge is -2.19. The Morgan fingerprint density at radius 1 is 1.21 bits per heavy atom. The number of hydrogen-bond acceptors (Lipinski definition) is 10. The molecule has 2 aromatic heterocycles. The second-order valence-corrected chi connectivity index (χ2v) is 10.0. The Labute approximate surface area is 201 Å². The maximum atomic E-state index is 12.9. The molecule has 2 heterocycles. The summed E-state index contributed by atoms with van der Waals surface area (Å²) in [4.78, 5) is 31.4. The van der Waals surface area contributed by atoms with Crippen LogP contribution in [0, 0.1) is 6.92 Å². The van der Waals surface area contributed by atoms with Crippen molar-refractivity contribution in [3.8, 4) is 0 Å². The molecule has 0 bridgehead atoms. The molecule has 34 heavy (non-hydrogen) atoms. The number of likely N-dealkylation sites (N-methyl/N-ethyl adjacent to an activating group) is 1. The molecule has 0 aliphatic heterocycles. The first kappa shape index (κ1) is 25.4. The average Bonchev–Trinajstić information content (AvgIpc) is 3.25. The van der Waals surface area contributed by atoms with Crippen LogP contribution in [0.5, 0.6) is 0 Å². The van der Waals surface area contributed by atoms with Gasteiger partial charge in [-0.1, -0.05) is 24.2 Å². The average molecular weight is 505 g/mol. The number of aromatic nitrogens is 3. The van der Waals surface area contributed by atoms with Gasteiger partial charge in [0, 0.05) is 42.1 Å². The SMILES string of the molecule is CCN(CCO)S(=O)(=O)c1ccc(C(=NOCc2ncccn2)C(=O)Nc2ncc(C)s2)cc1. The molecule has 0 unspecified atom stereocenters. The van der Waals surface area contributed by atoms with E-state index < -0.39 is 15.9 Å². The Morgan fingerprint density at radius 2 is 1.91 bits per heavy atom. The number of oxime groups is 1. The van der Waals surface area contributed by atoms with E-state index in [1.54, 1.807) is 31.6 Å². The zero-order valence-electron chi connectivity index (χ0n) is 18.6. The first-order valence-corrected chi connectivity index (χ1v) is 12.5. The highest BCUT2D eigenvalue weighted by molar-refractivity contribution is 7.89. The normalized spacial score (nSPS) is 12.1. The van der Waals surface area contributed by atoms with Gasteiger partial charge in [0.25, 0.3) is 5.91 Å². The molecule has 2 N–H and O–H groups in total. The minimum absolute atomic E-state index is 0.0155. The van der Waals surface area contributed by atoms with E-state index in [0.717, 1.165) is 9.18 Å². The number of rotatable bonds is 11. The molecule has 0 aliphatic carbocycles. The maximum Gasteiger partial charge on any atom is 0.280 e. The van der Waals surface area contributed by atoms with Gasteiger partial charge < -0.3 is 9.94 Å². The van der Waals surface area contributed by atoms with Crippen LogP contribution in [-0.2, 0) is 26.3 Å². The molecule has 3 rings (SSSR count). The number of anilines is 1. The van der Waals surface area contributed by atoms with Crippen molar-refractivity contribution in [2.45, 2.75) is 25.3 Å². The molecule has 0 spiro atoms. The fraction of sp³-hybridized carbons (Fsp3) is 0.286. The van der Waals surface area contributed by atoms with E-state index in [1.165, 1.54) is 35.6 Å². The molecule has 13 heteroatoms. The number of hydrogen-bond donors (Lipinski definition) is 2. The predicted octanol–water partition coefficient (Wildman–Crippen LogP) is 1.80. The van der Waals surface area contributed by atoms with E-state index in [9.17, 15) is 13.2 Å². The lowest BCUT2D eigenvalue weighted by molar-refractivity contribution is -0.110. The van der Waals surface area contributed by atoms with Gasteiger partial charge in [-0.15, -0.1) is 11.3 Å². The van der Waals surface area contributed by atoms with Gasteiger partial charge in [-0.25, -0.2) is 23.4 Å². The topological polar surface area (TPSA) is 147 Å². The molecule has 0 saturated carbocycles. The smallest absolute Gasteiger partial charge is 0.280 e. The molecular weight excluding hydrogens is 480 g/mol. The number of carbonyl (C=O) groups is 1. The Bertz CT molecular complexity index is 1230. The Hall–Kier alpha value is -3.26. The van der Waals surface area contributed by atoms with Crippen LogP contribution in [-0.4, -0.2) is 64.1 Å². The van der Waals surface area contributed by atoms with Gasteiger partial charge >= 0.3 is 0 Å². The van der Waals surface area contributed by atoms with Crippen LogP contribution in [0.15, 0.2) is 59.0 Å². The molecular formula is C21H24N6O5S2. The van der Waals surface area contributed by atoms with Crippen LogP contribution >= 0.6 is 11.3 Å². The molecule has 0 fully saturated rings. The minimum Gasteiger partial charge on any atom is -0.395 e. The van der Waals surface area contributed by atoms with Gasteiger partial charge in [-0.3, -0.25) is 10.1 Å². The van der Waals surface area contributed by atoms with E-state index in [2.05, 4.69) is 25.4 Å². The number of thiazole rings is 1. The number of aliphatic hydroxyl groups is 1. The molecule has 0 radical (unpaired) electrons. The number of nitrogens with zero attached hydrogens (tertiary/aromatic N) is 5. The van der Waals surface area contributed by atoms with Crippen molar-refractivity contribution in [1.82, 2.24) is 19.3 Å². The van der Waals surface area contributed by atoms with E-state index in [0.29, 0.717) is 16.5 Å². The van der Waals surface area contributed by atoms with Crippen LogP contribution in [0.25, 0.3) is 0 Å². The number of aliphatic hydroxyl groups excluding tert-OH is 1. The van der Waals surface area contributed by atoms with Crippen molar-refractivity contribution in [2.24, 2.45) is 5.16 Å². The van der Waals surface area contributed by atoms with Crippen LogP contribution in [0.3, 0.4) is 0 Å². The summed E-state index contributed by atoms with van der Waals surface area (Å²) in [7, 11) is -3.80. The molecule has 1 amide bonds. The Morgan fingerprint density at radius 3 is 2.50 bits per heavy atom. The van der Waals surface area contributed by atoms with Crippen molar-refractivity contribution in [1.29, 1.82) is 0 Å². The summed E-state index contributed by atoms with van der Waals surface area (Å²) in [5.74, 6) is -0.194. The van der Waals surface area contributed by atoms with Crippen molar-refractivity contribution < 1.29 is 23.2 Å². The maximum absolute atomic E-state index is 12.9. The largest absolute Gasteiger partial charge is 0.395 e. The zero-order valence-corrected chi connectivity index (χ0v) is 20.2. The molecule has 0 saturated heterocycles. The fourth-order valence-corrected chi connectivity index (χ4v) is 4.95. The molecule has 3 aromatic rings. The van der Waals surface area contributed by atoms with Crippen LogP contribution in [0.1, 0.15) is 23.2 Å². The molecule has 1 aromatic carbocycles. The van der Waals surface area contributed by atoms with Gasteiger partial charge in [0.15, 0.2) is 23.3 Å². The third-order valence-corrected chi connectivity index (χ3v) is 7.31. The first-order valence-electron chi connectivity index (χ1n) is 10.3. The third kappa shape index (κ3) is 6.41. The lowest BCUT2D eigenvalue weighted by atomic mass is 10.1. The zero-order chi connectivity index (χ0) is 24.6. The Kier molecular flexibility index (Phi) is 8.76. The number of carbonyl (C=O) groups excluding carboxylic acids is 1. The van der Waals surface area contributed by atoms with E-state index in [-0.39, 0.29) is 36.9 Å². The summed E-state index contributed by atoms with van der Waals surface area (Å²) in [6, 6.07) is 7.35. The van der Waals surface area contributed by atoms with Crippen molar-refractivity contribution >= 4 is 38.1 Å². The molecule has 0 atom stereocenters. The first-order chi connectivity index (χ1) is 16.3. The number of nitrogens with one attached hydrogen (secondary N) is 1. The standard InChI is InChI=1S/C21H24N6O5S2/c1-3-27(11-12-28)34(30,31)17-7-5-16(6-8-17)19(20(29)25-21-24-13-15(2)33-21)26-32-14-18-22-9-4-10-23-18/h4-10,13,28H,3,11-12,14H2,1-2H3,(H,24,25,29). The van der Waals surface area contributed by atoms with E-state index in [4.69, 9.17) is 9.94 Å². The van der Waals surface area contributed by atoms with E-state index >= 15 is 0 Å². The molecule has 0 aliphatic rings. The van der Waals surface area contributed by atoms with Gasteiger partial charge in [0.1, 0.15) is 0 Å². The second kappa shape index (κ2) is 11.7. The van der Waals surface area contributed by atoms with Crippen LogP contribution in [0.4, 0.5) is 5.13 Å². The van der Waals surface area contributed by atoms with Crippen molar-refractivity contribution in [3.63, 3.8) is 0 Å². The summed E-state index contributed by atoms with van der Waals surface area (Å²) in [5, 5.41) is 16.2. The number of amides is 1. The third-order valence-electron chi connectivity index (χ3n) is 4.49. The lowest BCUT2D eigenvalue weighted by Crippen LogP contribution is -2.33. The van der Waals surface area contributed by atoms with Gasteiger partial charge in [-0.2, -0.15) is 4.31 Å². The number of sulfonamides is 1. The summed E-state index contributed by atoms with van der Waals surface area (Å²) < 4.78 is 26.8. The highest BCUT2D eigenvalue weighted by Crippen LogP contribution is 2.19. The van der Waals surface area contributed by atoms with Gasteiger partial charge in [0.05, 0.1) is 11.5 Å². The number of benzene rings is 1. The summed E-state index contributed by atoms with van der Waals surface area (Å²) >= 11 is 1.30. The molecule has 180 valence electrons. The minimum atomic E-state index is -3.80. The highest BCUT2D eigenvalue weighted by Gasteiger charge is 2.24.